The van der Waals surface area contributed by atoms with Crippen LogP contribution in [-0.2, 0) is 16.1 Å². The van der Waals surface area contributed by atoms with Gasteiger partial charge in [-0.15, -0.1) is 0 Å². The fourth-order valence-corrected chi connectivity index (χ4v) is 1.50. The van der Waals surface area contributed by atoms with E-state index in [-0.39, 0.29) is 12.0 Å². The number of ether oxygens (including phenoxy) is 1. The van der Waals surface area contributed by atoms with Crippen LogP contribution in [0.2, 0.25) is 0 Å². The Kier molecular flexibility index (Phi) is 5.57. The summed E-state index contributed by atoms with van der Waals surface area (Å²) in [5, 5.41) is 3.35. The van der Waals surface area contributed by atoms with Gasteiger partial charge in [-0.05, 0) is 12.0 Å². The van der Waals surface area contributed by atoms with Crippen LogP contribution in [0, 0.1) is 0 Å². The van der Waals surface area contributed by atoms with Crippen LogP contribution in [0.3, 0.4) is 0 Å². The van der Waals surface area contributed by atoms with Gasteiger partial charge in [-0.25, -0.2) is 0 Å². The van der Waals surface area contributed by atoms with E-state index >= 15 is 0 Å². The number of esters is 1. The Morgan fingerprint density at radius 3 is 2.62 bits per heavy atom. The fourth-order valence-electron chi connectivity index (χ4n) is 1.50. The van der Waals surface area contributed by atoms with Gasteiger partial charge in [0.25, 0.3) is 0 Å². The monoisotopic (exact) mass is 221 g/mol. The third-order valence-corrected chi connectivity index (χ3v) is 2.57. The molecular weight excluding hydrogens is 202 g/mol. The molecule has 0 fully saturated rings. The summed E-state index contributed by atoms with van der Waals surface area (Å²) in [6.07, 6.45) is 1.35. The van der Waals surface area contributed by atoms with Crippen molar-refractivity contribution in [3.05, 3.63) is 35.9 Å². The van der Waals surface area contributed by atoms with Crippen LogP contribution in [0.15, 0.2) is 30.3 Å². The third-order valence-electron chi connectivity index (χ3n) is 2.57. The van der Waals surface area contributed by atoms with E-state index in [0.29, 0.717) is 6.42 Å². The Labute approximate surface area is 96.8 Å². The van der Waals surface area contributed by atoms with Crippen molar-refractivity contribution in [2.75, 3.05) is 7.11 Å². The van der Waals surface area contributed by atoms with E-state index in [1.54, 1.807) is 0 Å². The number of hydrogen-bond acceptors (Lipinski definition) is 3. The highest BCUT2D eigenvalue weighted by Gasteiger charge is 2.11. The maximum Gasteiger partial charge on any atom is 0.307 e. The van der Waals surface area contributed by atoms with Crippen molar-refractivity contribution in [3.8, 4) is 0 Å². The van der Waals surface area contributed by atoms with E-state index in [0.717, 1.165) is 13.0 Å². The second kappa shape index (κ2) is 7.01. The van der Waals surface area contributed by atoms with Crippen LogP contribution in [0.4, 0.5) is 0 Å². The van der Waals surface area contributed by atoms with Crippen molar-refractivity contribution in [3.63, 3.8) is 0 Å². The van der Waals surface area contributed by atoms with Crippen LogP contribution in [0.1, 0.15) is 25.3 Å². The largest absolute Gasteiger partial charge is 0.469 e. The molecule has 1 aromatic carbocycles. The molecule has 0 saturated carbocycles. The van der Waals surface area contributed by atoms with Crippen molar-refractivity contribution in [1.82, 2.24) is 5.32 Å². The molecule has 0 saturated heterocycles. The molecule has 3 heteroatoms. The van der Waals surface area contributed by atoms with E-state index < -0.39 is 0 Å². The first-order chi connectivity index (χ1) is 7.76. The zero-order valence-electron chi connectivity index (χ0n) is 9.90. The second-order valence-corrected chi connectivity index (χ2v) is 3.75. The van der Waals surface area contributed by atoms with Gasteiger partial charge in [0.15, 0.2) is 0 Å². The van der Waals surface area contributed by atoms with E-state index in [1.807, 2.05) is 18.2 Å². The van der Waals surface area contributed by atoms with Gasteiger partial charge in [0, 0.05) is 12.6 Å². The minimum absolute atomic E-state index is 0.160. The Morgan fingerprint density at radius 1 is 1.38 bits per heavy atom. The average Bonchev–Trinajstić information content (AvgIpc) is 2.35. The smallest absolute Gasteiger partial charge is 0.307 e. The van der Waals surface area contributed by atoms with Crippen LogP contribution in [0.5, 0.6) is 0 Å². The first-order valence-electron chi connectivity index (χ1n) is 5.60. The summed E-state index contributed by atoms with van der Waals surface area (Å²) in [7, 11) is 1.42. The predicted octanol–water partition coefficient (Wildman–Crippen LogP) is 2.12. The van der Waals surface area contributed by atoms with E-state index in [2.05, 4.69) is 29.1 Å². The summed E-state index contributed by atoms with van der Waals surface area (Å²) in [4.78, 5) is 11.1. The molecule has 0 aliphatic carbocycles. The molecule has 3 nitrogen and oxygen atoms in total. The molecule has 88 valence electrons. The number of carbonyl (C=O) groups excluding carboxylic acids is 1. The van der Waals surface area contributed by atoms with Crippen LogP contribution in [0.25, 0.3) is 0 Å². The van der Waals surface area contributed by atoms with Gasteiger partial charge < -0.3 is 10.1 Å². The summed E-state index contributed by atoms with van der Waals surface area (Å²) < 4.78 is 4.66. The third kappa shape index (κ3) is 4.45. The number of methoxy groups -OCH3 is 1. The van der Waals surface area contributed by atoms with Gasteiger partial charge in [-0.3, -0.25) is 4.79 Å². The lowest BCUT2D eigenvalue weighted by molar-refractivity contribution is -0.141. The summed E-state index contributed by atoms with van der Waals surface area (Å²) in [5.74, 6) is -0.160. The number of nitrogens with one attached hydrogen (secondary N) is 1. The number of hydrogen-bond donors (Lipinski definition) is 1. The maximum absolute atomic E-state index is 11.1. The minimum Gasteiger partial charge on any atom is -0.469 e. The van der Waals surface area contributed by atoms with Gasteiger partial charge in [-0.2, -0.15) is 0 Å². The molecule has 0 aliphatic rings. The predicted molar refractivity (Wildman–Crippen MR) is 64.0 cm³/mol. The number of benzene rings is 1. The molecule has 0 amide bonds. The van der Waals surface area contributed by atoms with Crippen LogP contribution >= 0.6 is 0 Å². The molecule has 0 radical (unpaired) electrons. The van der Waals surface area contributed by atoms with Gasteiger partial charge >= 0.3 is 5.97 Å². The van der Waals surface area contributed by atoms with Crippen molar-refractivity contribution >= 4 is 5.97 Å². The summed E-state index contributed by atoms with van der Waals surface area (Å²) in [6.45, 7) is 2.85. The molecule has 0 aliphatic heterocycles. The van der Waals surface area contributed by atoms with Gasteiger partial charge in [0.1, 0.15) is 0 Å². The first kappa shape index (κ1) is 12.7. The summed E-state index contributed by atoms with van der Waals surface area (Å²) >= 11 is 0. The van der Waals surface area contributed by atoms with Crippen LogP contribution < -0.4 is 5.32 Å². The Hall–Kier alpha value is -1.35. The summed E-state index contributed by atoms with van der Waals surface area (Å²) in [6, 6.07) is 10.3. The highest BCUT2D eigenvalue weighted by Crippen LogP contribution is 2.03. The van der Waals surface area contributed by atoms with Crippen LogP contribution in [-0.4, -0.2) is 19.1 Å². The lowest BCUT2D eigenvalue weighted by Gasteiger charge is -2.15. The maximum atomic E-state index is 11.1. The minimum atomic E-state index is -0.160. The van der Waals surface area contributed by atoms with Crippen molar-refractivity contribution in [1.29, 1.82) is 0 Å². The fraction of sp³-hybridized carbons (Fsp3) is 0.462. The molecule has 0 spiro atoms. The van der Waals surface area contributed by atoms with Gasteiger partial charge in [-0.1, -0.05) is 37.3 Å². The molecule has 0 heterocycles. The molecular formula is C13H19NO2. The molecule has 1 rings (SSSR count). The zero-order valence-corrected chi connectivity index (χ0v) is 9.90. The van der Waals surface area contributed by atoms with E-state index in [4.69, 9.17) is 0 Å². The van der Waals surface area contributed by atoms with Crippen molar-refractivity contribution in [2.45, 2.75) is 32.4 Å². The molecule has 1 unspecified atom stereocenters. The quantitative estimate of drug-likeness (QED) is 0.748. The topological polar surface area (TPSA) is 38.3 Å². The van der Waals surface area contributed by atoms with Crippen molar-refractivity contribution in [2.24, 2.45) is 0 Å². The lowest BCUT2D eigenvalue weighted by atomic mass is 10.1. The number of rotatable bonds is 6. The van der Waals surface area contributed by atoms with E-state index in [1.165, 1.54) is 12.7 Å². The average molecular weight is 221 g/mol. The molecule has 1 aromatic rings. The lowest BCUT2D eigenvalue weighted by Crippen LogP contribution is -2.30. The highest BCUT2D eigenvalue weighted by molar-refractivity contribution is 5.69. The molecule has 1 N–H and O–H groups in total. The van der Waals surface area contributed by atoms with Gasteiger partial charge in [0.05, 0.1) is 13.5 Å². The van der Waals surface area contributed by atoms with Crippen molar-refractivity contribution < 1.29 is 9.53 Å². The van der Waals surface area contributed by atoms with Gasteiger partial charge in [0.2, 0.25) is 0 Å². The SMILES string of the molecule is CCC(CC(=O)OC)NCc1ccccc1. The molecule has 0 bridgehead atoms. The zero-order chi connectivity index (χ0) is 11.8. The summed E-state index contributed by atoms with van der Waals surface area (Å²) in [5.41, 5.74) is 1.23. The second-order valence-electron chi connectivity index (χ2n) is 3.75. The first-order valence-corrected chi connectivity index (χ1v) is 5.60. The Bertz CT molecular complexity index is 311. The molecule has 16 heavy (non-hydrogen) atoms. The normalized spacial score (nSPS) is 12.1. The highest BCUT2D eigenvalue weighted by atomic mass is 16.5. The molecule has 1 atom stereocenters. The standard InChI is InChI=1S/C13H19NO2/c1-3-12(9-13(15)16-2)14-10-11-7-5-4-6-8-11/h4-8,12,14H,3,9-10H2,1-2H3. The molecule has 0 aromatic heterocycles. The number of carbonyl (C=O) groups is 1. The van der Waals surface area contributed by atoms with E-state index in [9.17, 15) is 4.79 Å². The Morgan fingerprint density at radius 2 is 2.06 bits per heavy atom. The Balaban J connectivity index is 2.37.